The second kappa shape index (κ2) is 6.76. The van der Waals surface area contributed by atoms with Crippen LogP contribution < -0.4 is 16.0 Å². The number of nitrogens with zero attached hydrogens (tertiary/aromatic N) is 2. The SMILES string of the molecule is N#Cc1c(Cl)nc2[nH]c(=O)[nH]c(=O)c2c1-c1ccc(OCCO)cc1. The van der Waals surface area contributed by atoms with Gasteiger partial charge in [-0.15, -0.1) is 0 Å². The van der Waals surface area contributed by atoms with Crippen LogP contribution in [0, 0.1) is 11.3 Å². The summed E-state index contributed by atoms with van der Waals surface area (Å²) >= 11 is 6.04. The van der Waals surface area contributed by atoms with Gasteiger partial charge < -0.3 is 9.84 Å². The van der Waals surface area contributed by atoms with Crippen molar-refractivity contribution in [1.29, 1.82) is 5.26 Å². The van der Waals surface area contributed by atoms with Crippen molar-refractivity contribution < 1.29 is 9.84 Å². The number of nitriles is 1. The molecule has 2 heterocycles. The molecule has 0 saturated carbocycles. The molecule has 9 heteroatoms. The first-order valence-electron chi connectivity index (χ1n) is 7.15. The van der Waals surface area contributed by atoms with Gasteiger partial charge in [-0.3, -0.25) is 14.8 Å². The molecule has 25 heavy (non-hydrogen) atoms. The van der Waals surface area contributed by atoms with E-state index in [1.165, 1.54) is 0 Å². The van der Waals surface area contributed by atoms with E-state index in [1.807, 2.05) is 6.07 Å². The lowest BCUT2D eigenvalue weighted by atomic mass is 9.99. The topological polar surface area (TPSA) is 132 Å². The van der Waals surface area contributed by atoms with Crippen LogP contribution in [-0.4, -0.2) is 33.3 Å². The number of H-pyrrole nitrogens is 2. The predicted molar refractivity (Wildman–Crippen MR) is 90.7 cm³/mol. The van der Waals surface area contributed by atoms with Crippen molar-refractivity contribution in [2.45, 2.75) is 0 Å². The molecule has 0 aliphatic rings. The molecule has 3 rings (SSSR count). The van der Waals surface area contributed by atoms with Crippen LogP contribution in [0.2, 0.25) is 5.15 Å². The Balaban J connectivity index is 2.29. The maximum absolute atomic E-state index is 12.3. The number of hydrogen-bond acceptors (Lipinski definition) is 6. The maximum atomic E-state index is 12.3. The molecule has 0 unspecified atom stereocenters. The Morgan fingerprint density at radius 1 is 1.24 bits per heavy atom. The molecule has 0 aliphatic carbocycles. The lowest BCUT2D eigenvalue weighted by molar-refractivity contribution is 0.201. The summed E-state index contributed by atoms with van der Waals surface area (Å²) in [6.07, 6.45) is 0. The molecule has 2 aromatic heterocycles. The number of halogens is 1. The molecule has 1 aromatic carbocycles. The van der Waals surface area contributed by atoms with E-state index < -0.39 is 11.2 Å². The van der Waals surface area contributed by atoms with Gasteiger partial charge in [-0.05, 0) is 17.7 Å². The van der Waals surface area contributed by atoms with E-state index in [-0.39, 0.29) is 40.5 Å². The third-order valence-electron chi connectivity index (χ3n) is 3.45. The molecule has 3 N–H and O–H groups in total. The first-order chi connectivity index (χ1) is 12.0. The fourth-order valence-electron chi connectivity index (χ4n) is 2.44. The van der Waals surface area contributed by atoms with Crippen molar-refractivity contribution in [3.05, 3.63) is 55.8 Å². The van der Waals surface area contributed by atoms with Gasteiger partial charge in [0.15, 0.2) is 0 Å². The first-order valence-corrected chi connectivity index (χ1v) is 7.53. The number of aliphatic hydroxyl groups is 1. The summed E-state index contributed by atoms with van der Waals surface area (Å²) in [5.74, 6) is 0.517. The standard InChI is InChI=1S/C16H11ClN4O4/c17-13-10(7-18)11(8-1-3-9(4-2-8)25-6-5-22)12-14(19-13)20-16(24)21-15(12)23/h1-4,22H,5-6H2,(H2,19,20,21,23,24). The van der Waals surface area contributed by atoms with Crippen molar-refractivity contribution in [1.82, 2.24) is 15.0 Å². The van der Waals surface area contributed by atoms with Gasteiger partial charge in [0, 0.05) is 5.56 Å². The van der Waals surface area contributed by atoms with E-state index in [1.54, 1.807) is 24.3 Å². The average molecular weight is 359 g/mol. The van der Waals surface area contributed by atoms with Gasteiger partial charge in [-0.2, -0.15) is 5.26 Å². The summed E-state index contributed by atoms with van der Waals surface area (Å²) in [4.78, 5) is 32.2. The maximum Gasteiger partial charge on any atom is 0.327 e. The van der Waals surface area contributed by atoms with E-state index in [2.05, 4.69) is 15.0 Å². The highest BCUT2D eigenvalue weighted by Gasteiger charge is 2.19. The van der Waals surface area contributed by atoms with Crippen LogP contribution in [0.15, 0.2) is 33.9 Å². The summed E-state index contributed by atoms with van der Waals surface area (Å²) in [6.45, 7) is 0.0292. The molecule has 8 nitrogen and oxygen atoms in total. The number of benzene rings is 1. The van der Waals surface area contributed by atoms with Crippen molar-refractivity contribution in [2.75, 3.05) is 13.2 Å². The first kappa shape index (κ1) is 16.7. The molecule has 0 bridgehead atoms. The van der Waals surface area contributed by atoms with Gasteiger partial charge >= 0.3 is 5.69 Å². The Labute approximate surface area is 145 Å². The van der Waals surface area contributed by atoms with E-state index in [4.69, 9.17) is 21.4 Å². The summed E-state index contributed by atoms with van der Waals surface area (Å²) in [5, 5.41) is 18.1. The fraction of sp³-hybridized carbons (Fsp3) is 0.125. The molecular formula is C16H11ClN4O4. The number of nitrogens with one attached hydrogen (secondary N) is 2. The quantitative estimate of drug-likeness (QED) is 0.600. The van der Waals surface area contributed by atoms with Crippen LogP contribution in [0.25, 0.3) is 22.2 Å². The minimum absolute atomic E-state index is 0.00615. The smallest absolute Gasteiger partial charge is 0.327 e. The number of aromatic nitrogens is 3. The Kier molecular flexibility index (Phi) is 4.52. The van der Waals surface area contributed by atoms with Crippen molar-refractivity contribution in [3.8, 4) is 22.9 Å². The van der Waals surface area contributed by atoms with Crippen LogP contribution in [-0.2, 0) is 0 Å². The van der Waals surface area contributed by atoms with Crippen LogP contribution in [0.4, 0.5) is 0 Å². The van der Waals surface area contributed by atoms with Crippen molar-refractivity contribution in [2.24, 2.45) is 0 Å². The molecule has 0 saturated heterocycles. The summed E-state index contributed by atoms with van der Waals surface area (Å²) in [5.41, 5.74) is -0.577. The summed E-state index contributed by atoms with van der Waals surface area (Å²) < 4.78 is 5.28. The highest BCUT2D eigenvalue weighted by atomic mass is 35.5. The molecule has 0 spiro atoms. The normalized spacial score (nSPS) is 10.6. The number of aliphatic hydroxyl groups excluding tert-OH is 1. The third kappa shape index (κ3) is 3.10. The minimum atomic E-state index is -0.718. The zero-order valence-electron chi connectivity index (χ0n) is 12.7. The monoisotopic (exact) mass is 358 g/mol. The summed E-state index contributed by atoms with van der Waals surface area (Å²) in [7, 11) is 0. The van der Waals surface area contributed by atoms with Gasteiger partial charge in [-0.1, -0.05) is 23.7 Å². The van der Waals surface area contributed by atoms with Gasteiger partial charge in [0.25, 0.3) is 5.56 Å². The Morgan fingerprint density at radius 3 is 2.60 bits per heavy atom. The second-order valence-corrected chi connectivity index (χ2v) is 5.35. The number of hydrogen-bond donors (Lipinski definition) is 3. The number of rotatable bonds is 4. The highest BCUT2D eigenvalue weighted by Crippen LogP contribution is 2.32. The molecule has 126 valence electrons. The molecule has 0 amide bonds. The molecule has 0 aliphatic heterocycles. The molecule has 3 aromatic rings. The minimum Gasteiger partial charge on any atom is -0.491 e. The van der Waals surface area contributed by atoms with E-state index >= 15 is 0 Å². The van der Waals surface area contributed by atoms with Gasteiger partial charge in [0.2, 0.25) is 0 Å². The van der Waals surface area contributed by atoms with Crippen LogP contribution in [0.3, 0.4) is 0 Å². The van der Waals surface area contributed by atoms with Gasteiger partial charge in [-0.25, -0.2) is 9.78 Å². The molecule has 0 fully saturated rings. The number of ether oxygens (including phenoxy) is 1. The lowest BCUT2D eigenvalue weighted by Crippen LogP contribution is -2.23. The van der Waals surface area contributed by atoms with Crippen LogP contribution >= 0.6 is 11.6 Å². The fourth-order valence-corrected chi connectivity index (χ4v) is 2.67. The predicted octanol–water partition coefficient (Wildman–Crippen LogP) is 1.17. The molecule has 0 atom stereocenters. The average Bonchev–Trinajstić information content (AvgIpc) is 2.59. The zero-order valence-corrected chi connectivity index (χ0v) is 13.4. The van der Waals surface area contributed by atoms with Crippen LogP contribution in [0.5, 0.6) is 5.75 Å². The number of aromatic amines is 2. The van der Waals surface area contributed by atoms with Crippen molar-refractivity contribution >= 4 is 22.6 Å². The second-order valence-electron chi connectivity index (χ2n) is 4.99. The van der Waals surface area contributed by atoms with E-state index in [0.717, 1.165) is 0 Å². The molecular weight excluding hydrogens is 348 g/mol. The highest BCUT2D eigenvalue weighted by molar-refractivity contribution is 6.31. The largest absolute Gasteiger partial charge is 0.491 e. The van der Waals surface area contributed by atoms with E-state index in [0.29, 0.717) is 11.3 Å². The third-order valence-corrected chi connectivity index (χ3v) is 3.73. The van der Waals surface area contributed by atoms with Gasteiger partial charge in [0.05, 0.1) is 17.6 Å². The van der Waals surface area contributed by atoms with Crippen molar-refractivity contribution in [3.63, 3.8) is 0 Å². The number of fused-ring (bicyclic) bond motifs is 1. The zero-order chi connectivity index (χ0) is 18.0. The Bertz CT molecular complexity index is 1100. The lowest BCUT2D eigenvalue weighted by Gasteiger charge is -2.10. The van der Waals surface area contributed by atoms with E-state index in [9.17, 15) is 14.9 Å². The summed E-state index contributed by atoms with van der Waals surface area (Å²) in [6, 6.07) is 8.49. The molecule has 0 radical (unpaired) electrons. The van der Waals surface area contributed by atoms with Crippen LogP contribution in [0.1, 0.15) is 5.56 Å². The van der Waals surface area contributed by atoms with Gasteiger partial charge in [0.1, 0.15) is 29.2 Å². The number of pyridine rings is 1. The Hall–Kier alpha value is -3.15. The Morgan fingerprint density at radius 2 is 1.96 bits per heavy atom.